The number of hydrogen-bond acceptors (Lipinski definition) is 16. The molecule has 2 saturated heterocycles. The molecule has 88 heavy (non-hydrogen) atoms. The van der Waals surface area contributed by atoms with Gasteiger partial charge in [-0.3, -0.25) is 9.59 Å². The van der Waals surface area contributed by atoms with Crippen LogP contribution < -0.4 is 9.47 Å². The lowest BCUT2D eigenvalue weighted by Gasteiger charge is -2.28. The van der Waals surface area contributed by atoms with Gasteiger partial charge >= 0.3 is 11.9 Å². The number of phenols is 2. The highest BCUT2D eigenvalue weighted by Gasteiger charge is 2.29. The van der Waals surface area contributed by atoms with E-state index in [4.69, 9.17) is 37.9 Å². The van der Waals surface area contributed by atoms with E-state index in [1.54, 1.807) is 0 Å². The zero-order valence-electron chi connectivity index (χ0n) is 55.2. The fourth-order valence-corrected chi connectivity index (χ4v) is 17.1. The van der Waals surface area contributed by atoms with E-state index in [0.29, 0.717) is 103 Å². The summed E-state index contributed by atoms with van der Waals surface area (Å²) in [5, 5.41) is 27.0. The third kappa shape index (κ3) is 22.8. The van der Waals surface area contributed by atoms with Crippen LogP contribution in [0.1, 0.15) is 214 Å². The van der Waals surface area contributed by atoms with Crippen molar-refractivity contribution in [1.82, 2.24) is 0 Å². The predicted molar refractivity (Wildman–Crippen MR) is 365 cm³/mol. The maximum Gasteiger partial charge on any atom is 0.305 e. The SMILES string of the molecule is CC(C)(C)c1cc2c(O)c(c1)Cc1cc(C(C)(C)C)cc(c1OCCOCCOCCOC(=O)CCCCC1CCSS1)Cc1cc(C(C)(C)C)cc(c1O)Cc1cc(C(C)(C)C)cc(c1OCCOCCOCCOC(=O)CCCCC1CCSS1)C2. The molecule has 2 heterocycles. The van der Waals surface area contributed by atoms with Gasteiger partial charge in [-0.05, 0) is 127 Å². The van der Waals surface area contributed by atoms with Crippen LogP contribution in [0.4, 0.5) is 0 Å². The van der Waals surface area contributed by atoms with Crippen LogP contribution in [-0.2, 0) is 85.4 Å². The maximum atomic E-state index is 12.8. The Hall–Kier alpha value is -3.74. The van der Waals surface area contributed by atoms with Gasteiger partial charge < -0.3 is 48.1 Å². The van der Waals surface area contributed by atoms with Crippen molar-refractivity contribution in [2.75, 3.05) is 90.8 Å². The van der Waals surface area contributed by atoms with E-state index >= 15 is 0 Å². The number of unbranched alkanes of at least 4 members (excludes halogenated alkanes) is 2. The normalized spacial score (nSPS) is 16.5. The van der Waals surface area contributed by atoms with E-state index in [1.165, 1.54) is 24.3 Å². The molecule has 2 aliphatic heterocycles. The van der Waals surface area contributed by atoms with E-state index in [0.717, 1.165) is 116 Å². The van der Waals surface area contributed by atoms with Gasteiger partial charge in [-0.15, -0.1) is 0 Å². The van der Waals surface area contributed by atoms with Crippen molar-refractivity contribution in [2.45, 2.75) is 205 Å². The van der Waals surface area contributed by atoms with Crippen LogP contribution in [0.15, 0.2) is 48.5 Å². The summed E-state index contributed by atoms with van der Waals surface area (Å²) >= 11 is 0. The number of carbonyl (C=O) groups excluding carboxylic acids is 2. The molecule has 3 aliphatic rings. The van der Waals surface area contributed by atoms with Gasteiger partial charge in [0.1, 0.15) is 49.4 Å². The summed E-state index contributed by atoms with van der Waals surface area (Å²) in [5.41, 5.74) is 10.3. The second-order valence-corrected chi connectivity index (χ2v) is 33.6. The Morgan fingerprint density at radius 3 is 0.943 bits per heavy atom. The lowest BCUT2D eigenvalue weighted by atomic mass is 9.79. The Kier molecular flexibility index (Phi) is 27.9. The van der Waals surface area contributed by atoms with Gasteiger partial charge in [0, 0.05) is 60.5 Å². The summed E-state index contributed by atoms with van der Waals surface area (Å²) in [5.74, 6) is 4.00. The van der Waals surface area contributed by atoms with Crippen molar-refractivity contribution in [3.63, 3.8) is 0 Å². The lowest BCUT2D eigenvalue weighted by molar-refractivity contribution is -0.146. The van der Waals surface area contributed by atoms with E-state index in [2.05, 4.69) is 132 Å². The average molecular weight is 1290 g/mol. The average Bonchev–Trinajstić information content (AvgIpc) is 1.62. The molecule has 0 amide bonds. The van der Waals surface area contributed by atoms with Crippen molar-refractivity contribution < 1.29 is 57.7 Å². The molecule has 2 fully saturated rings. The molecule has 0 saturated carbocycles. The van der Waals surface area contributed by atoms with Gasteiger partial charge in [-0.25, -0.2) is 0 Å². The number of carbonyl (C=O) groups is 2. The molecule has 4 aromatic carbocycles. The fourth-order valence-electron chi connectivity index (χ4n) is 11.1. The quantitative estimate of drug-likeness (QED) is 0.0255. The largest absolute Gasteiger partial charge is 0.507 e. The molecule has 0 aromatic heterocycles. The van der Waals surface area contributed by atoms with Crippen LogP contribution in [0.25, 0.3) is 0 Å². The summed E-state index contributed by atoms with van der Waals surface area (Å²) in [6.07, 6.45) is 11.1. The Labute approximate surface area is 543 Å². The highest BCUT2D eigenvalue weighted by atomic mass is 33.1. The molecule has 1 aliphatic carbocycles. The van der Waals surface area contributed by atoms with Gasteiger partial charge in [-0.2, -0.15) is 0 Å². The first kappa shape index (κ1) is 71.7. The molecule has 2 atom stereocenters. The fraction of sp³-hybridized carbons (Fsp3) is 0.639. The second kappa shape index (κ2) is 34.2. The Morgan fingerprint density at radius 2 is 0.670 bits per heavy atom. The minimum Gasteiger partial charge on any atom is -0.507 e. The van der Waals surface area contributed by atoms with Crippen molar-refractivity contribution >= 4 is 55.1 Å². The standard InChI is InChI=1S/C72H104O12S4/c1-69(2,3)57-41-49-37-53-45-59(71(7,8)9)47-55(67(53)83-33-29-79-25-23-77-27-31-81-63(73)19-15-13-17-61-21-35-85-87-61)39-51-43-58(70(4,5)6)44-52(66(51)76)40-56-48-60(72(10,11)12)46-54(38-50(42-57)65(49)75)68(56)84-34-30-80-26-24-78-28-32-82-64(74)20-16-14-18-62-22-36-86-88-62/h41-48,61-62,75-76H,13-40H2,1-12H3. The van der Waals surface area contributed by atoms with Crippen LogP contribution >= 0.6 is 43.2 Å². The first-order chi connectivity index (χ1) is 41.8. The zero-order chi connectivity index (χ0) is 63.5. The molecule has 16 heteroatoms. The molecule has 488 valence electrons. The minimum absolute atomic E-state index is 0.172. The maximum absolute atomic E-state index is 12.8. The number of rotatable bonds is 30. The molecular weight excluding hydrogens is 1190 g/mol. The first-order valence-corrected chi connectivity index (χ1v) is 37.1. The molecule has 8 bridgehead atoms. The molecular formula is C72H104O12S4. The van der Waals surface area contributed by atoms with Crippen LogP contribution in [0, 0.1) is 0 Å². The molecule has 12 nitrogen and oxygen atoms in total. The summed E-state index contributed by atoms with van der Waals surface area (Å²) in [7, 11) is 7.86. The summed E-state index contributed by atoms with van der Waals surface area (Å²) in [4.78, 5) is 24.7. The van der Waals surface area contributed by atoms with Gasteiger partial charge in [-0.1, -0.05) is 188 Å². The molecule has 2 unspecified atom stereocenters. The molecule has 7 rings (SSSR count). The van der Waals surface area contributed by atoms with Gasteiger partial charge in [0.2, 0.25) is 0 Å². The van der Waals surface area contributed by atoms with E-state index in [1.807, 2.05) is 43.2 Å². The zero-order valence-corrected chi connectivity index (χ0v) is 58.4. The monoisotopic (exact) mass is 1290 g/mol. The second-order valence-electron chi connectivity index (χ2n) is 28.0. The number of fused-ring (bicyclic) bond motifs is 8. The van der Waals surface area contributed by atoms with E-state index in [9.17, 15) is 19.8 Å². The van der Waals surface area contributed by atoms with Crippen LogP contribution in [0.3, 0.4) is 0 Å². The van der Waals surface area contributed by atoms with Crippen LogP contribution in [0.5, 0.6) is 23.0 Å². The van der Waals surface area contributed by atoms with E-state index in [-0.39, 0.29) is 71.5 Å². The van der Waals surface area contributed by atoms with Crippen LogP contribution in [-0.4, -0.2) is 123 Å². The number of aromatic hydroxyl groups is 2. The number of esters is 2. The third-order valence-electron chi connectivity index (χ3n) is 16.5. The Balaban J connectivity index is 1.10. The number of hydrogen-bond donors (Lipinski definition) is 2. The summed E-state index contributed by atoms with van der Waals surface area (Å²) in [6.45, 7) is 30.1. The van der Waals surface area contributed by atoms with Crippen molar-refractivity contribution in [1.29, 1.82) is 0 Å². The van der Waals surface area contributed by atoms with Gasteiger partial charge in [0.05, 0.1) is 52.9 Å². The van der Waals surface area contributed by atoms with Crippen molar-refractivity contribution in [3.8, 4) is 23.0 Å². The smallest absolute Gasteiger partial charge is 0.305 e. The Morgan fingerprint density at radius 1 is 0.398 bits per heavy atom. The van der Waals surface area contributed by atoms with Crippen LogP contribution in [0.2, 0.25) is 0 Å². The van der Waals surface area contributed by atoms with Gasteiger partial charge in [0.25, 0.3) is 0 Å². The minimum atomic E-state index is -0.255. The highest BCUT2D eigenvalue weighted by molar-refractivity contribution is 8.77. The number of ether oxygens (including phenoxy) is 8. The molecule has 0 radical (unpaired) electrons. The van der Waals surface area contributed by atoms with Crippen molar-refractivity contribution in [2.24, 2.45) is 0 Å². The van der Waals surface area contributed by atoms with Gasteiger partial charge in [0.15, 0.2) is 0 Å². The molecule has 0 spiro atoms. The van der Waals surface area contributed by atoms with Crippen molar-refractivity contribution in [3.05, 3.63) is 115 Å². The summed E-state index contributed by atoms with van der Waals surface area (Å²) in [6, 6.07) is 17.5. The highest BCUT2D eigenvalue weighted by Crippen LogP contribution is 2.45. The summed E-state index contributed by atoms with van der Waals surface area (Å²) < 4.78 is 48.4. The topological polar surface area (TPSA) is 148 Å². The lowest BCUT2D eigenvalue weighted by Crippen LogP contribution is -2.18. The first-order valence-electron chi connectivity index (χ1n) is 32.3. The predicted octanol–water partition coefficient (Wildman–Crippen LogP) is 16.3. The number of benzene rings is 4. The molecule has 4 aromatic rings. The third-order valence-corrected chi connectivity index (χ3v) is 22.5. The molecule has 2 N–H and O–H groups in total. The number of phenolic OH excluding ortho intramolecular Hbond substituents is 2. The Bertz CT molecular complexity index is 2580. The van der Waals surface area contributed by atoms with E-state index < -0.39 is 0 Å².